The fourth-order valence-electron chi connectivity index (χ4n) is 5.90. The molecule has 0 rings (SSSR count). The van der Waals surface area contributed by atoms with Gasteiger partial charge in [0.2, 0.25) is 0 Å². The van der Waals surface area contributed by atoms with E-state index in [1.165, 1.54) is 116 Å². The van der Waals surface area contributed by atoms with Crippen LogP contribution in [-0.2, 0) is 23.8 Å². The Morgan fingerprint density at radius 3 is 1.38 bits per heavy atom. The molecule has 0 saturated heterocycles. The average molecular weight is 751 g/mol. The molecule has 1 N–H and O–H groups in total. The van der Waals surface area contributed by atoms with Gasteiger partial charge in [-0.25, -0.2) is 0 Å². The van der Waals surface area contributed by atoms with Crippen molar-refractivity contribution in [3.8, 4) is 0 Å². The number of nitrogens with zero attached hydrogens (tertiary/aromatic N) is 1. The predicted octanol–water partition coefficient (Wildman–Crippen LogP) is 12.0. The van der Waals surface area contributed by atoms with Crippen LogP contribution in [0.15, 0.2) is 24.3 Å². The fraction of sp³-hybridized carbons (Fsp3) is 0.841. The zero-order valence-corrected chi connectivity index (χ0v) is 35.2. The van der Waals surface area contributed by atoms with Crippen LogP contribution in [-0.4, -0.2) is 68.5 Å². The van der Waals surface area contributed by atoms with Crippen LogP contribution in [0.5, 0.6) is 0 Å². The molecule has 0 spiro atoms. The van der Waals surface area contributed by atoms with Gasteiger partial charge < -0.3 is 24.4 Å². The van der Waals surface area contributed by atoms with Gasteiger partial charge in [0.15, 0.2) is 6.10 Å². The Kier molecular flexibility index (Phi) is 38.8. The van der Waals surface area contributed by atoms with E-state index in [2.05, 4.69) is 43.5 Å². The lowest BCUT2D eigenvalue weighted by Crippen LogP contribution is -2.35. The third kappa shape index (κ3) is 39.3. The Labute approximate surface area is 326 Å². The number of esters is 2. The number of rotatable bonds is 38. The van der Waals surface area contributed by atoms with E-state index >= 15 is 0 Å². The van der Waals surface area contributed by atoms with Crippen LogP contribution in [0.4, 0.5) is 0 Å². The summed E-state index contributed by atoms with van der Waals surface area (Å²) in [5, 5.41) is 3.30. The quantitative estimate of drug-likeness (QED) is 0.0289. The van der Waals surface area contributed by atoms with Gasteiger partial charge in [0.1, 0.15) is 13.2 Å². The maximum Gasteiger partial charge on any atom is 0.306 e. The van der Waals surface area contributed by atoms with Crippen LogP contribution in [0.1, 0.15) is 194 Å². The van der Waals surface area contributed by atoms with Gasteiger partial charge in [-0.05, 0) is 90.5 Å². The van der Waals surface area contributed by atoms with E-state index < -0.39 is 6.10 Å². The second kappa shape index (κ2) is 40.3. The average Bonchev–Trinajstić information content (AvgIpc) is 3.12. The number of ether oxygens (including phenoxy) is 3. The van der Waals surface area contributed by atoms with Gasteiger partial charge in [-0.3, -0.25) is 9.59 Å². The van der Waals surface area contributed by atoms with Crippen molar-refractivity contribution in [2.24, 2.45) is 0 Å². The molecule has 0 aromatic carbocycles. The molecule has 0 aromatic heterocycles. The van der Waals surface area contributed by atoms with E-state index in [1.807, 2.05) is 19.0 Å². The number of nitrogens with one attached hydrogen (secondary N) is 1. The smallest absolute Gasteiger partial charge is 0.306 e. The summed E-state index contributed by atoms with van der Waals surface area (Å²) in [4.78, 5) is 27.2. The maximum absolute atomic E-state index is 12.7. The number of hydrogen-bond donors (Lipinski definition) is 1. The molecule has 52 heavy (non-hydrogen) atoms. The van der Waals surface area contributed by atoms with Gasteiger partial charge in [0.25, 0.3) is 5.17 Å². The highest BCUT2D eigenvalue weighted by Crippen LogP contribution is 2.13. The van der Waals surface area contributed by atoms with Crippen LogP contribution in [0.2, 0.25) is 0 Å². The Balaban J connectivity index is 4.21. The molecule has 0 aromatic rings. The molecular weight excluding hydrogens is 669 g/mol. The Hall–Kier alpha value is -1.93. The van der Waals surface area contributed by atoms with Crippen molar-refractivity contribution < 1.29 is 23.8 Å². The number of carbonyl (C=O) groups is 2. The highest BCUT2D eigenvalue weighted by Gasteiger charge is 2.19. The molecule has 304 valence electrons. The summed E-state index contributed by atoms with van der Waals surface area (Å²) in [6, 6.07) is 0. The Morgan fingerprint density at radius 1 is 0.558 bits per heavy atom. The molecule has 0 heterocycles. The number of unbranched alkanes of at least 4 members (excludes halogenated alkanes) is 22. The SMILES string of the molecule is CCCCCCCC/C=C\CCCCCCCC(=O)OCC(COC(=S)NCCN(C)C)OC(=O)CCCCCCC/C=C\CCCCCCCC. The second-order valence-electron chi connectivity index (χ2n) is 14.8. The molecule has 0 aliphatic carbocycles. The molecule has 7 nitrogen and oxygen atoms in total. The molecule has 0 saturated carbocycles. The highest BCUT2D eigenvalue weighted by molar-refractivity contribution is 7.80. The summed E-state index contributed by atoms with van der Waals surface area (Å²) < 4.78 is 16.9. The molecule has 8 heteroatoms. The second-order valence-corrected chi connectivity index (χ2v) is 15.2. The van der Waals surface area contributed by atoms with E-state index in [0.717, 1.165) is 57.9 Å². The lowest BCUT2D eigenvalue weighted by Gasteiger charge is -2.19. The summed E-state index contributed by atoms with van der Waals surface area (Å²) in [6.45, 7) is 6.01. The Morgan fingerprint density at radius 2 is 0.942 bits per heavy atom. The van der Waals surface area contributed by atoms with Crippen molar-refractivity contribution >= 4 is 29.3 Å². The van der Waals surface area contributed by atoms with Crippen LogP contribution < -0.4 is 5.32 Å². The van der Waals surface area contributed by atoms with Gasteiger partial charge in [-0.1, -0.05) is 141 Å². The molecule has 0 radical (unpaired) electrons. The first-order valence-electron chi connectivity index (χ1n) is 21.6. The van der Waals surface area contributed by atoms with Gasteiger partial charge in [-0.15, -0.1) is 0 Å². The van der Waals surface area contributed by atoms with E-state index in [9.17, 15) is 9.59 Å². The van der Waals surface area contributed by atoms with E-state index in [1.54, 1.807) is 0 Å². The standard InChI is InChI=1S/C44H82N2O5S/c1-5-7-9-11-13-15-17-19-21-23-25-27-29-31-33-35-42(47)49-39-41(40-50-44(52)45-37-38-46(3)4)51-43(48)36-34-32-30-28-26-24-22-20-18-16-14-12-10-8-6-2/h19-22,41H,5-18,23-40H2,1-4H3,(H,45,52)/b21-19-,22-20-. The first kappa shape index (κ1) is 50.1. The minimum absolute atomic E-state index is 0.0255. The van der Waals surface area contributed by atoms with Crippen LogP contribution in [0, 0.1) is 0 Å². The van der Waals surface area contributed by atoms with Crippen molar-refractivity contribution in [3.05, 3.63) is 24.3 Å². The number of hydrogen-bond acceptors (Lipinski definition) is 7. The van der Waals surface area contributed by atoms with Gasteiger partial charge in [-0.2, -0.15) is 0 Å². The molecule has 0 bridgehead atoms. The number of thiocarbonyl (C=S) groups is 1. The van der Waals surface area contributed by atoms with Crippen molar-refractivity contribution in [1.82, 2.24) is 10.2 Å². The van der Waals surface area contributed by atoms with Crippen molar-refractivity contribution in [1.29, 1.82) is 0 Å². The monoisotopic (exact) mass is 751 g/mol. The lowest BCUT2D eigenvalue weighted by atomic mass is 10.1. The summed E-state index contributed by atoms with van der Waals surface area (Å²) in [5.74, 6) is -0.548. The predicted molar refractivity (Wildman–Crippen MR) is 225 cm³/mol. The third-order valence-corrected chi connectivity index (χ3v) is 9.50. The van der Waals surface area contributed by atoms with Crippen molar-refractivity contribution in [3.63, 3.8) is 0 Å². The zero-order chi connectivity index (χ0) is 38.2. The van der Waals surface area contributed by atoms with Crippen LogP contribution in [0.3, 0.4) is 0 Å². The van der Waals surface area contributed by atoms with E-state index in [-0.39, 0.29) is 30.3 Å². The number of allylic oxidation sites excluding steroid dienone is 4. The molecule has 0 aliphatic heterocycles. The molecule has 0 aliphatic rings. The molecule has 1 atom stereocenters. The third-order valence-electron chi connectivity index (χ3n) is 9.24. The summed E-state index contributed by atoms with van der Waals surface area (Å²) in [6.07, 6.45) is 40.9. The van der Waals surface area contributed by atoms with Gasteiger partial charge >= 0.3 is 11.9 Å². The molecule has 0 amide bonds. The topological polar surface area (TPSA) is 77.1 Å². The zero-order valence-electron chi connectivity index (χ0n) is 34.4. The number of carbonyl (C=O) groups excluding carboxylic acids is 2. The first-order valence-corrected chi connectivity index (χ1v) is 22.0. The number of likely N-dealkylation sites (N-methyl/N-ethyl adjacent to an activating group) is 1. The maximum atomic E-state index is 12.7. The molecular formula is C44H82N2O5S. The van der Waals surface area contributed by atoms with Gasteiger partial charge in [0.05, 0.1) is 0 Å². The summed E-state index contributed by atoms with van der Waals surface area (Å²) in [5.41, 5.74) is 0. The first-order chi connectivity index (χ1) is 25.4. The minimum atomic E-state index is -0.692. The van der Waals surface area contributed by atoms with Crippen LogP contribution >= 0.6 is 12.2 Å². The van der Waals surface area contributed by atoms with Gasteiger partial charge in [0, 0.05) is 25.9 Å². The normalized spacial score (nSPS) is 12.2. The highest BCUT2D eigenvalue weighted by atomic mass is 32.1. The summed E-state index contributed by atoms with van der Waals surface area (Å²) >= 11 is 5.29. The lowest BCUT2D eigenvalue weighted by molar-refractivity contribution is -0.161. The molecule has 0 fully saturated rings. The summed E-state index contributed by atoms with van der Waals surface area (Å²) in [7, 11) is 3.98. The van der Waals surface area contributed by atoms with Crippen LogP contribution in [0.25, 0.3) is 0 Å². The minimum Gasteiger partial charge on any atom is -0.467 e. The Bertz CT molecular complexity index is 879. The van der Waals surface area contributed by atoms with E-state index in [0.29, 0.717) is 19.4 Å². The molecule has 1 unspecified atom stereocenters. The largest absolute Gasteiger partial charge is 0.467 e. The van der Waals surface area contributed by atoms with Crippen molar-refractivity contribution in [2.75, 3.05) is 40.4 Å². The van der Waals surface area contributed by atoms with Crippen molar-refractivity contribution in [2.45, 2.75) is 200 Å². The van der Waals surface area contributed by atoms with E-state index in [4.69, 9.17) is 26.4 Å². The fourth-order valence-corrected chi connectivity index (χ4v) is 6.07.